The van der Waals surface area contributed by atoms with E-state index < -0.39 is 10.0 Å². The van der Waals surface area contributed by atoms with Crippen molar-refractivity contribution in [1.82, 2.24) is 14.3 Å². The number of aromatic nitrogens is 2. The minimum atomic E-state index is -3.55. The molecule has 0 unspecified atom stereocenters. The average molecular weight is 294 g/mol. The van der Waals surface area contributed by atoms with Gasteiger partial charge in [0.2, 0.25) is 10.0 Å². The number of nitrogens with one attached hydrogen (secondary N) is 1. The van der Waals surface area contributed by atoms with Crippen LogP contribution < -0.4 is 10.5 Å². The van der Waals surface area contributed by atoms with Gasteiger partial charge in [0.05, 0.1) is 11.2 Å². The third-order valence-corrected chi connectivity index (χ3v) is 4.64. The summed E-state index contributed by atoms with van der Waals surface area (Å²) in [5.41, 5.74) is 7.70. The molecule has 1 aromatic carbocycles. The number of nitrogens with two attached hydrogens (primary N) is 1. The van der Waals surface area contributed by atoms with Gasteiger partial charge < -0.3 is 10.3 Å². The zero-order valence-corrected chi connectivity index (χ0v) is 12.3. The predicted octanol–water partition coefficient (Wildman–Crippen LogP) is 1.06. The lowest BCUT2D eigenvalue weighted by Crippen LogP contribution is -2.28. The fourth-order valence-electron chi connectivity index (χ4n) is 1.94. The minimum absolute atomic E-state index is 0.237. The summed E-state index contributed by atoms with van der Waals surface area (Å²) in [6.07, 6.45) is 5.08. The highest BCUT2D eigenvalue weighted by molar-refractivity contribution is 7.89. The Kier molecular flexibility index (Phi) is 4.10. The first kappa shape index (κ1) is 14.5. The van der Waals surface area contributed by atoms with Crippen molar-refractivity contribution < 1.29 is 8.42 Å². The summed E-state index contributed by atoms with van der Waals surface area (Å²) in [4.78, 5) is 4.14. The van der Waals surface area contributed by atoms with Gasteiger partial charge in [-0.2, -0.15) is 0 Å². The molecule has 2 aromatic rings. The molecule has 0 amide bonds. The molecule has 0 bridgehead atoms. The summed E-state index contributed by atoms with van der Waals surface area (Å²) in [7, 11) is -3.55. The Morgan fingerprint density at radius 2 is 2.10 bits per heavy atom. The van der Waals surface area contributed by atoms with Crippen LogP contribution in [0, 0.1) is 13.8 Å². The first-order chi connectivity index (χ1) is 9.40. The van der Waals surface area contributed by atoms with E-state index in [0.717, 1.165) is 5.56 Å². The molecule has 0 aliphatic carbocycles. The summed E-state index contributed by atoms with van der Waals surface area (Å²) in [5.74, 6) is 0. The number of nitrogen functional groups attached to an aromatic ring is 1. The number of anilines is 1. The second-order valence-electron chi connectivity index (χ2n) is 4.68. The number of imidazole rings is 1. The lowest BCUT2D eigenvalue weighted by Gasteiger charge is -2.12. The summed E-state index contributed by atoms with van der Waals surface area (Å²) in [6, 6.07) is 3.39. The zero-order chi connectivity index (χ0) is 14.8. The fraction of sp³-hybridized carbons (Fsp3) is 0.308. The van der Waals surface area contributed by atoms with Crippen LogP contribution in [0.4, 0.5) is 5.69 Å². The molecule has 6 nitrogen and oxygen atoms in total. The second kappa shape index (κ2) is 5.64. The van der Waals surface area contributed by atoms with Crippen molar-refractivity contribution >= 4 is 15.7 Å². The Labute approximate surface area is 118 Å². The van der Waals surface area contributed by atoms with E-state index in [1.807, 2.05) is 6.92 Å². The molecule has 7 heteroatoms. The molecule has 0 saturated heterocycles. The second-order valence-corrected chi connectivity index (χ2v) is 6.41. The van der Waals surface area contributed by atoms with Crippen LogP contribution in [0.25, 0.3) is 0 Å². The number of aryl methyl sites for hydroxylation is 1. The Balaban J connectivity index is 2.14. The van der Waals surface area contributed by atoms with E-state index in [4.69, 9.17) is 5.73 Å². The SMILES string of the molecule is Cc1cc(N)c(C)c(S(=O)(=O)NCCn2ccnc2)c1. The maximum absolute atomic E-state index is 12.3. The van der Waals surface area contributed by atoms with E-state index >= 15 is 0 Å². The maximum Gasteiger partial charge on any atom is 0.240 e. The number of benzene rings is 1. The third kappa shape index (κ3) is 3.17. The van der Waals surface area contributed by atoms with Crippen molar-refractivity contribution in [3.05, 3.63) is 42.0 Å². The van der Waals surface area contributed by atoms with E-state index in [1.54, 1.807) is 42.3 Å². The molecule has 0 radical (unpaired) electrons. The molecular formula is C13H18N4O2S. The van der Waals surface area contributed by atoms with Crippen LogP contribution in [-0.4, -0.2) is 24.5 Å². The summed E-state index contributed by atoms with van der Waals surface area (Å²) in [5, 5.41) is 0. The standard InChI is InChI=1S/C13H18N4O2S/c1-10-7-12(14)11(2)13(8-10)20(18,19)16-4-6-17-5-3-15-9-17/h3,5,7-9,16H,4,6,14H2,1-2H3. The number of sulfonamides is 1. The molecule has 0 atom stereocenters. The first-order valence-corrected chi connectivity index (χ1v) is 7.70. The highest BCUT2D eigenvalue weighted by Crippen LogP contribution is 2.22. The quantitative estimate of drug-likeness (QED) is 0.807. The molecule has 2 rings (SSSR count). The average Bonchev–Trinajstić information content (AvgIpc) is 2.86. The zero-order valence-electron chi connectivity index (χ0n) is 11.5. The number of hydrogen-bond acceptors (Lipinski definition) is 4. The lowest BCUT2D eigenvalue weighted by molar-refractivity contribution is 0.572. The number of nitrogens with zero attached hydrogens (tertiary/aromatic N) is 2. The van der Waals surface area contributed by atoms with Gasteiger partial charge in [-0.05, 0) is 37.1 Å². The van der Waals surface area contributed by atoms with Gasteiger partial charge in [-0.15, -0.1) is 0 Å². The number of hydrogen-bond donors (Lipinski definition) is 2. The van der Waals surface area contributed by atoms with Crippen LogP contribution in [0.3, 0.4) is 0 Å². The Morgan fingerprint density at radius 3 is 2.75 bits per heavy atom. The van der Waals surface area contributed by atoms with Crippen molar-refractivity contribution in [2.45, 2.75) is 25.3 Å². The fourth-order valence-corrected chi connectivity index (χ4v) is 3.31. The van der Waals surface area contributed by atoms with E-state index in [2.05, 4.69) is 9.71 Å². The molecule has 0 spiro atoms. The van der Waals surface area contributed by atoms with Crippen molar-refractivity contribution in [3.8, 4) is 0 Å². The van der Waals surface area contributed by atoms with Gasteiger partial charge in [-0.1, -0.05) is 0 Å². The van der Waals surface area contributed by atoms with Gasteiger partial charge in [0.25, 0.3) is 0 Å². The molecule has 0 saturated carbocycles. The molecule has 3 N–H and O–H groups in total. The Hall–Kier alpha value is -1.86. The first-order valence-electron chi connectivity index (χ1n) is 6.22. The predicted molar refractivity (Wildman–Crippen MR) is 77.7 cm³/mol. The van der Waals surface area contributed by atoms with Crippen molar-refractivity contribution in [2.24, 2.45) is 0 Å². The maximum atomic E-state index is 12.3. The largest absolute Gasteiger partial charge is 0.398 e. The molecule has 0 aliphatic rings. The van der Waals surface area contributed by atoms with Gasteiger partial charge in [0.15, 0.2) is 0 Å². The van der Waals surface area contributed by atoms with Crippen LogP contribution in [0.1, 0.15) is 11.1 Å². The van der Waals surface area contributed by atoms with Crippen LogP contribution in [-0.2, 0) is 16.6 Å². The molecule has 1 heterocycles. The molecule has 0 aliphatic heterocycles. The van der Waals surface area contributed by atoms with Crippen LogP contribution in [0.2, 0.25) is 0 Å². The number of rotatable bonds is 5. The summed E-state index contributed by atoms with van der Waals surface area (Å²) < 4.78 is 29.0. The molecule has 0 fully saturated rings. The molecule has 20 heavy (non-hydrogen) atoms. The smallest absolute Gasteiger partial charge is 0.240 e. The van der Waals surface area contributed by atoms with Crippen LogP contribution in [0.15, 0.2) is 35.7 Å². The van der Waals surface area contributed by atoms with Gasteiger partial charge >= 0.3 is 0 Å². The summed E-state index contributed by atoms with van der Waals surface area (Å²) in [6.45, 7) is 4.35. The molecular weight excluding hydrogens is 276 g/mol. The van der Waals surface area contributed by atoms with Crippen molar-refractivity contribution in [2.75, 3.05) is 12.3 Å². The third-order valence-electron chi connectivity index (χ3n) is 3.06. The topological polar surface area (TPSA) is 90.0 Å². The van der Waals surface area contributed by atoms with Crippen molar-refractivity contribution in [3.63, 3.8) is 0 Å². The Bertz CT molecular complexity index is 693. The highest BCUT2D eigenvalue weighted by Gasteiger charge is 2.18. The Morgan fingerprint density at radius 1 is 1.35 bits per heavy atom. The van der Waals surface area contributed by atoms with E-state index in [-0.39, 0.29) is 4.90 Å². The van der Waals surface area contributed by atoms with Crippen molar-refractivity contribution in [1.29, 1.82) is 0 Å². The van der Waals surface area contributed by atoms with Gasteiger partial charge in [-0.25, -0.2) is 18.1 Å². The van der Waals surface area contributed by atoms with Crippen LogP contribution >= 0.6 is 0 Å². The van der Waals surface area contributed by atoms with Gasteiger partial charge in [0, 0.05) is 31.2 Å². The molecule has 1 aromatic heterocycles. The van der Waals surface area contributed by atoms with Gasteiger partial charge in [-0.3, -0.25) is 0 Å². The summed E-state index contributed by atoms with van der Waals surface area (Å²) >= 11 is 0. The van der Waals surface area contributed by atoms with E-state index in [9.17, 15) is 8.42 Å². The van der Waals surface area contributed by atoms with E-state index in [0.29, 0.717) is 24.3 Å². The monoisotopic (exact) mass is 294 g/mol. The lowest BCUT2D eigenvalue weighted by atomic mass is 10.1. The van der Waals surface area contributed by atoms with E-state index in [1.165, 1.54) is 0 Å². The normalized spacial score (nSPS) is 11.7. The molecule has 108 valence electrons. The highest BCUT2D eigenvalue weighted by atomic mass is 32.2. The van der Waals surface area contributed by atoms with Gasteiger partial charge in [0.1, 0.15) is 0 Å². The minimum Gasteiger partial charge on any atom is -0.398 e. The van der Waals surface area contributed by atoms with Crippen LogP contribution in [0.5, 0.6) is 0 Å².